The molecule has 0 saturated carbocycles. The van der Waals surface area contributed by atoms with Gasteiger partial charge in [0.2, 0.25) is 5.91 Å². The molecule has 4 rings (SSSR count). The number of carboxylic acid groups (broad SMARTS) is 1. The van der Waals surface area contributed by atoms with E-state index in [2.05, 4.69) is 34.9 Å². The van der Waals surface area contributed by atoms with Gasteiger partial charge in [-0.05, 0) is 34.7 Å². The van der Waals surface area contributed by atoms with Crippen molar-refractivity contribution in [1.29, 1.82) is 0 Å². The van der Waals surface area contributed by atoms with E-state index in [1.54, 1.807) is 6.92 Å². The highest BCUT2D eigenvalue weighted by atomic mass is 16.5. The van der Waals surface area contributed by atoms with E-state index in [9.17, 15) is 19.5 Å². The number of nitrogens with one attached hydrogen (secondary N) is 2. The Morgan fingerprint density at radius 3 is 2.15 bits per heavy atom. The van der Waals surface area contributed by atoms with Crippen LogP contribution in [0, 0.1) is 0 Å². The average molecular weight is 547 g/mol. The molecule has 3 N–H and O–H groups in total. The van der Waals surface area contributed by atoms with E-state index in [1.165, 1.54) is 0 Å². The Hall–Kier alpha value is -4.21. The second kappa shape index (κ2) is 14.3. The first-order valence-corrected chi connectivity index (χ1v) is 13.3. The summed E-state index contributed by atoms with van der Waals surface area (Å²) in [7, 11) is 0. The van der Waals surface area contributed by atoms with Crippen molar-refractivity contribution in [2.24, 2.45) is 0 Å². The lowest BCUT2D eigenvalue weighted by Gasteiger charge is -2.22. The summed E-state index contributed by atoms with van der Waals surface area (Å²) in [6.07, 6.45) is -1.30. The van der Waals surface area contributed by atoms with Crippen molar-refractivity contribution in [2.45, 2.75) is 38.0 Å². The number of benzene rings is 3. The smallest absolute Gasteiger partial charge is 0.407 e. The van der Waals surface area contributed by atoms with E-state index in [1.807, 2.05) is 54.6 Å². The Balaban J connectivity index is 1.11. The second-order valence-electron chi connectivity index (χ2n) is 9.50. The monoisotopic (exact) mass is 546 g/mol. The van der Waals surface area contributed by atoms with Gasteiger partial charge < -0.3 is 30.0 Å². The molecule has 0 saturated heterocycles. The summed E-state index contributed by atoms with van der Waals surface area (Å²) in [6, 6.07) is 24.4. The van der Waals surface area contributed by atoms with Crippen LogP contribution in [0.5, 0.6) is 0 Å². The lowest BCUT2D eigenvalue weighted by atomic mass is 9.98. The van der Waals surface area contributed by atoms with Gasteiger partial charge in [0.05, 0.1) is 25.9 Å². The molecular formula is C31H34N2O7. The van der Waals surface area contributed by atoms with Crippen LogP contribution in [-0.4, -0.2) is 61.6 Å². The molecule has 2 unspecified atom stereocenters. The predicted molar refractivity (Wildman–Crippen MR) is 149 cm³/mol. The number of carbonyl (C=O) groups is 3. The van der Waals surface area contributed by atoms with E-state index in [0.29, 0.717) is 0 Å². The number of aliphatic carboxylic acids is 1. The van der Waals surface area contributed by atoms with Crippen molar-refractivity contribution in [3.8, 4) is 11.1 Å². The number of hydrogen-bond donors (Lipinski definition) is 3. The molecular weight excluding hydrogens is 512 g/mol. The predicted octanol–water partition coefficient (Wildman–Crippen LogP) is 4.11. The average Bonchev–Trinajstić information content (AvgIpc) is 3.29. The number of amides is 2. The number of ether oxygens (including phenoxy) is 3. The molecule has 40 heavy (non-hydrogen) atoms. The zero-order valence-corrected chi connectivity index (χ0v) is 22.4. The molecule has 0 bridgehead atoms. The molecule has 0 heterocycles. The Morgan fingerprint density at radius 1 is 0.875 bits per heavy atom. The number of fused-ring (bicyclic) bond motifs is 3. The molecule has 2 atom stereocenters. The van der Waals surface area contributed by atoms with Gasteiger partial charge >= 0.3 is 12.1 Å². The van der Waals surface area contributed by atoms with Crippen molar-refractivity contribution in [2.75, 3.05) is 26.4 Å². The highest BCUT2D eigenvalue weighted by molar-refractivity contribution is 5.84. The molecule has 210 valence electrons. The van der Waals surface area contributed by atoms with Crippen molar-refractivity contribution >= 4 is 18.0 Å². The fourth-order valence-corrected chi connectivity index (χ4v) is 4.67. The zero-order chi connectivity index (χ0) is 28.3. The maximum absolute atomic E-state index is 12.3. The fraction of sp³-hybridized carbons (Fsp3) is 0.323. The van der Waals surface area contributed by atoms with E-state index >= 15 is 0 Å². The van der Waals surface area contributed by atoms with Gasteiger partial charge in [-0.25, -0.2) is 9.59 Å². The molecule has 1 aliphatic carbocycles. The third-order valence-electron chi connectivity index (χ3n) is 6.74. The third-order valence-corrected chi connectivity index (χ3v) is 6.74. The van der Waals surface area contributed by atoms with Gasteiger partial charge in [0.25, 0.3) is 0 Å². The molecule has 9 heteroatoms. The lowest BCUT2D eigenvalue weighted by molar-refractivity contribution is -0.146. The number of hydrogen-bond acceptors (Lipinski definition) is 6. The summed E-state index contributed by atoms with van der Waals surface area (Å²) in [5.41, 5.74) is 5.51. The largest absolute Gasteiger partial charge is 0.480 e. The van der Waals surface area contributed by atoms with Crippen LogP contribution in [-0.2, 0) is 30.4 Å². The molecule has 2 amide bonds. The first-order chi connectivity index (χ1) is 19.4. The topological polar surface area (TPSA) is 123 Å². The summed E-state index contributed by atoms with van der Waals surface area (Å²) in [4.78, 5) is 36.1. The van der Waals surface area contributed by atoms with E-state index < -0.39 is 30.1 Å². The van der Waals surface area contributed by atoms with Crippen LogP contribution in [0.25, 0.3) is 11.1 Å². The van der Waals surface area contributed by atoms with Gasteiger partial charge in [-0.2, -0.15) is 0 Å². The van der Waals surface area contributed by atoms with Crippen LogP contribution in [0.2, 0.25) is 0 Å². The van der Waals surface area contributed by atoms with Crippen LogP contribution >= 0.6 is 0 Å². The van der Waals surface area contributed by atoms with E-state index in [4.69, 9.17) is 14.2 Å². The van der Waals surface area contributed by atoms with Gasteiger partial charge in [0.1, 0.15) is 6.61 Å². The maximum atomic E-state index is 12.3. The van der Waals surface area contributed by atoms with Crippen LogP contribution in [0.15, 0.2) is 78.9 Å². The fourth-order valence-electron chi connectivity index (χ4n) is 4.67. The van der Waals surface area contributed by atoms with Crippen molar-refractivity contribution < 1.29 is 33.7 Å². The second-order valence-corrected chi connectivity index (χ2v) is 9.50. The lowest BCUT2D eigenvalue weighted by Crippen LogP contribution is -2.48. The maximum Gasteiger partial charge on any atom is 0.407 e. The SMILES string of the molecule is CC(OCc1ccccc1)C(NC(=O)CCOCCNC(=O)OCC1c2ccccc2-c2ccccc21)C(=O)O. The van der Waals surface area contributed by atoms with Gasteiger partial charge in [-0.15, -0.1) is 0 Å². The highest BCUT2D eigenvalue weighted by Crippen LogP contribution is 2.44. The molecule has 9 nitrogen and oxygen atoms in total. The van der Waals surface area contributed by atoms with Gasteiger partial charge in [0.15, 0.2) is 6.04 Å². The zero-order valence-electron chi connectivity index (χ0n) is 22.4. The van der Waals surface area contributed by atoms with Crippen LogP contribution in [0.3, 0.4) is 0 Å². The molecule has 3 aromatic carbocycles. The number of carboxylic acids is 1. The van der Waals surface area contributed by atoms with E-state index in [-0.39, 0.29) is 45.3 Å². The number of carbonyl (C=O) groups excluding carboxylic acids is 2. The summed E-state index contributed by atoms with van der Waals surface area (Å²) < 4.78 is 16.5. The van der Waals surface area contributed by atoms with Gasteiger partial charge in [0, 0.05) is 18.9 Å². The van der Waals surface area contributed by atoms with Crippen molar-refractivity contribution in [3.05, 3.63) is 95.6 Å². The third kappa shape index (κ3) is 7.68. The minimum atomic E-state index is -1.19. The molecule has 0 radical (unpaired) electrons. The summed E-state index contributed by atoms with van der Waals surface area (Å²) in [6.45, 7) is 2.52. The number of rotatable bonds is 14. The van der Waals surface area contributed by atoms with Crippen molar-refractivity contribution in [3.63, 3.8) is 0 Å². The minimum Gasteiger partial charge on any atom is -0.480 e. The molecule has 0 aliphatic heterocycles. The Kier molecular flexibility index (Phi) is 10.3. The first-order valence-electron chi connectivity index (χ1n) is 13.3. The first kappa shape index (κ1) is 28.8. The van der Waals surface area contributed by atoms with Crippen LogP contribution in [0.1, 0.15) is 36.0 Å². The highest BCUT2D eigenvalue weighted by Gasteiger charge is 2.29. The summed E-state index contributed by atoms with van der Waals surface area (Å²) >= 11 is 0. The molecule has 3 aromatic rings. The molecule has 0 spiro atoms. The van der Waals surface area contributed by atoms with Crippen molar-refractivity contribution in [1.82, 2.24) is 10.6 Å². The van der Waals surface area contributed by atoms with Gasteiger partial charge in [-0.3, -0.25) is 4.79 Å². The Morgan fingerprint density at radius 2 is 1.50 bits per heavy atom. The Labute approximate surface area is 233 Å². The summed E-state index contributed by atoms with van der Waals surface area (Å²) in [5, 5.41) is 14.7. The minimum absolute atomic E-state index is 0.0194. The molecule has 1 aliphatic rings. The standard InChI is InChI=1S/C31H34N2O7/c1-21(39-19-22-9-3-2-4-10-22)29(30(35)36)33-28(34)15-17-38-18-16-32-31(37)40-20-27-25-13-7-5-11-23(25)24-12-6-8-14-26(24)27/h2-14,21,27,29H,15-20H2,1H3,(H,32,37)(H,33,34)(H,35,36). The quantitative estimate of drug-likeness (QED) is 0.260. The summed E-state index contributed by atoms with van der Waals surface area (Å²) in [5.74, 6) is -1.66. The molecule has 0 aromatic heterocycles. The van der Waals surface area contributed by atoms with Gasteiger partial charge in [-0.1, -0.05) is 78.9 Å². The number of alkyl carbamates (subject to hydrolysis) is 1. The van der Waals surface area contributed by atoms with Crippen LogP contribution < -0.4 is 10.6 Å². The van der Waals surface area contributed by atoms with E-state index in [0.717, 1.165) is 27.8 Å². The molecule has 0 fully saturated rings. The Bertz CT molecular complexity index is 1250. The van der Waals surface area contributed by atoms with Crippen LogP contribution in [0.4, 0.5) is 4.79 Å². The normalized spacial score (nSPS) is 13.5.